The minimum atomic E-state index is -0.435. The number of hydrogen-bond donors (Lipinski definition) is 2. The summed E-state index contributed by atoms with van der Waals surface area (Å²) in [7, 11) is 0. The molecule has 4 heterocycles. The molecule has 1 aromatic rings. The predicted molar refractivity (Wildman–Crippen MR) is 63.0 cm³/mol. The number of rotatable bonds is 2. The first-order chi connectivity index (χ1) is 8.22. The van der Waals surface area contributed by atoms with Crippen molar-refractivity contribution in [2.24, 2.45) is 5.92 Å². The van der Waals surface area contributed by atoms with E-state index in [1.807, 2.05) is 0 Å². The van der Waals surface area contributed by atoms with Crippen LogP contribution in [0.3, 0.4) is 0 Å². The molecule has 4 rings (SSSR count). The third-order valence-electron chi connectivity index (χ3n) is 3.74. The van der Waals surface area contributed by atoms with Gasteiger partial charge in [-0.1, -0.05) is 0 Å². The monoisotopic (exact) mass is 237 g/mol. The van der Waals surface area contributed by atoms with Gasteiger partial charge in [0.05, 0.1) is 6.20 Å². The van der Waals surface area contributed by atoms with E-state index in [1.54, 1.807) is 0 Å². The van der Waals surface area contributed by atoms with E-state index in [4.69, 9.17) is 5.73 Å². The van der Waals surface area contributed by atoms with Gasteiger partial charge in [-0.05, 0) is 31.8 Å². The van der Waals surface area contributed by atoms with E-state index < -0.39 is 5.82 Å². The molecule has 0 radical (unpaired) electrons. The van der Waals surface area contributed by atoms with Crippen LogP contribution < -0.4 is 11.1 Å². The number of fused-ring (bicyclic) bond motifs is 3. The van der Waals surface area contributed by atoms with Gasteiger partial charge in [0.25, 0.3) is 0 Å². The van der Waals surface area contributed by atoms with Crippen LogP contribution in [0.4, 0.5) is 16.2 Å². The molecule has 0 aliphatic carbocycles. The van der Waals surface area contributed by atoms with E-state index in [0.29, 0.717) is 5.92 Å². The molecule has 1 atom stereocenters. The molecule has 3 saturated heterocycles. The number of anilines is 2. The summed E-state index contributed by atoms with van der Waals surface area (Å²) in [6.45, 7) is 3.29. The largest absolute Gasteiger partial charge is 0.368 e. The number of hydrogen-bond acceptors (Lipinski definition) is 5. The summed E-state index contributed by atoms with van der Waals surface area (Å²) in [6, 6.07) is 0.279. The van der Waals surface area contributed by atoms with Crippen molar-refractivity contribution in [3.8, 4) is 0 Å². The van der Waals surface area contributed by atoms with Crippen LogP contribution >= 0.6 is 0 Å². The quantitative estimate of drug-likeness (QED) is 0.792. The predicted octanol–water partition coefficient (Wildman–Crippen LogP) is 0.704. The fourth-order valence-corrected chi connectivity index (χ4v) is 2.79. The lowest BCUT2D eigenvalue weighted by atomic mass is 9.84. The van der Waals surface area contributed by atoms with Gasteiger partial charge in [0.15, 0.2) is 11.6 Å². The fourth-order valence-electron chi connectivity index (χ4n) is 2.79. The van der Waals surface area contributed by atoms with Gasteiger partial charge >= 0.3 is 0 Å². The molecule has 3 N–H and O–H groups in total. The van der Waals surface area contributed by atoms with Crippen molar-refractivity contribution in [3.05, 3.63) is 12.0 Å². The highest BCUT2D eigenvalue weighted by molar-refractivity contribution is 5.40. The number of halogens is 1. The van der Waals surface area contributed by atoms with Crippen molar-refractivity contribution in [2.45, 2.75) is 18.9 Å². The molecule has 3 fully saturated rings. The minimum Gasteiger partial charge on any atom is -0.368 e. The lowest BCUT2D eigenvalue weighted by Gasteiger charge is -2.45. The molecule has 1 unspecified atom stereocenters. The van der Waals surface area contributed by atoms with Gasteiger partial charge in [-0.15, -0.1) is 0 Å². The van der Waals surface area contributed by atoms with Gasteiger partial charge in [0.1, 0.15) is 0 Å². The Morgan fingerprint density at radius 3 is 2.82 bits per heavy atom. The van der Waals surface area contributed by atoms with Gasteiger partial charge in [0, 0.05) is 12.6 Å². The molecule has 0 amide bonds. The molecule has 2 bridgehead atoms. The third kappa shape index (κ3) is 2.04. The lowest BCUT2D eigenvalue weighted by Crippen LogP contribution is -2.53. The zero-order valence-corrected chi connectivity index (χ0v) is 9.56. The zero-order valence-electron chi connectivity index (χ0n) is 9.56. The van der Waals surface area contributed by atoms with Crippen LogP contribution in [0.5, 0.6) is 0 Å². The summed E-state index contributed by atoms with van der Waals surface area (Å²) in [5.41, 5.74) is 5.47. The van der Waals surface area contributed by atoms with Crippen molar-refractivity contribution >= 4 is 11.8 Å². The van der Waals surface area contributed by atoms with Gasteiger partial charge in [-0.2, -0.15) is 4.98 Å². The molecule has 6 heteroatoms. The van der Waals surface area contributed by atoms with E-state index in [2.05, 4.69) is 20.2 Å². The van der Waals surface area contributed by atoms with E-state index in [0.717, 1.165) is 25.8 Å². The maximum atomic E-state index is 13.5. The molecule has 0 spiro atoms. The SMILES string of the molecule is Nc1ncc(F)c(NC2CN3CCC2CC3)n1. The van der Waals surface area contributed by atoms with Gasteiger partial charge in [-0.3, -0.25) is 0 Å². The van der Waals surface area contributed by atoms with Crippen molar-refractivity contribution in [1.82, 2.24) is 14.9 Å². The second kappa shape index (κ2) is 4.10. The number of aromatic nitrogens is 2. The maximum absolute atomic E-state index is 13.5. The van der Waals surface area contributed by atoms with Gasteiger partial charge in [-0.25, -0.2) is 9.37 Å². The van der Waals surface area contributed by atoms with Crippen LogP contribution in [-0.2, 0) is 0 Å². The molecule has 5 nitrogen and oxygen atoms in total. The number of nitrogens with zero attached hydrogens (tertiary/aromatic N) is 3. The number of nitrogens with one attached hydrogen (secondary N) is 1. The standard InChI is InChI=1S/C11H16FN5/c12-8-5-14-11(13)16-10(8)15-9-6-17-3-1-7(9)2-4-17/h5,7,9H,1-4,6H2,(H3,13,14,15,16). The number of nitrogens with two attached hydrogens (primary N) is 1. The zero-order chi connectivity index (χ0) is 11.8. The molecule has 0 aromatic carbocycles. The Hall–Kier alpha value is -1.43. The highest BCUT2D eigenvalue weighted by Gasteiger charge is 2.34. The summed E-state index contributed by atoms with van der Waals surface area (Å²) in [4.78, 5) is 9.94. The third-order valence-corrected chi connectivity index (χ3v) is 3.74. The molecular weight excluding hydrogens is 221 g/mol. The van der Waals surface area contributed by atoms with E-state index in [1.165, 1.54) is 12.8 Å². The molecule has 17 heavy (non-hydrogen) atoms. The second-order valence-electron chi connectivity index (χ2n) is 4.81. The highest BCUT2D eigenvalue weighted by atomic mass is 19.1. The van der Waals surface area contributed by atoms with Gasteiger partial charge in [0.2, 0.25) is 5.95 Å². The minimum absolute atomic E-state index is 0.107. The average Bonchev–Trinajstić information content (AvgIpc) is 2.35. The van der Waals surface area contributed by atoms with Gasteiger partial charge < -0.3 is 16.0 Å². The second-order valence-corrected chi connectivity index (χ2v) is 4.81. The Morgan fingerprint density at radius 2 is 2.18 bits per heavy atom. The normalized spacial score (nSPS) is 31.5. The van der Waals surface area contributed by atoms with Crippen LogP contribution in [0.2, 0.25) is 0 Å². The lowest BCUT2D eigenvalue weighted by molar-refractivity contribution is 0.0972. The van der Waals surface area contributed by atoms with Crippen LogP contribution in [0.25, 0.3) is 0 Å². The Morgan fingerprint density at radius 1 is 1.41 bits per heavy atom. The topological polar surface area (TPSA) is 67.1 Å². The van der Waals surface area contributed by atoms with E-state index >= 15 is 0 Å². The smallest absolute Gasteiger partial charge is 0.222 e. The van der Waals surface area contributed by atoms with Crippen LogP contribution in [-0.4, -0.2) is 40.5 Å². The van der Waals surface area contributed by atoms with Crippen molar-refractivity contribution in [1.29, 1.82) is 0 Å². The highest BCUT2D eigenvalue weighted by Crippen LogP contribution is 2.29. The molecule has 3 aliphatic heterocycles. The van der Waals surface area contributed by atoms with Crippen LogP contribution in [0.15, 0.2) is 6.20 Å². The Bertz CT molecular complexity index is 416. The van der Waals surface area contributed by atoms with E-state index in [9.17, 15) is 4.39 Å². The maximum Gasteiger partial charge on any atom is 0.222 e. The summed E-state index contributed by atoms with van der Waals surface area (Å²) in [5, 5.41) is 3.17. The first-order valence-electron chi connectivity index (χ1n) is 5.99. The van der Waals surface area contributed by atoms with Crippen molar-refractivity contribution in [3.63, 3.8) is 0 Å². The Balaban J connectivity index is 1.76. The Kier molecular flexibility index (Phi) is 2.58. The fraction of sp³-hybridized carbons (Fsp3) is 0.636. The first kappa shape index (κ1) is 10.7. The van der Waals surface area contributed by atoms with Crippen LogP contribution in [0.1, 0.15) is 12.8 Å². The molecule has 1 aromatic heterocycles. The number of piperidine rings is 3. The summed E-state index contributed by atoms with van der Waals surface area (Å²) >= 11 is 0. The molecular formula is C11H16FN5. The number of nitrogen functional groups attached to an aromatic ring is 1. The van der Waals surface area contributed by atoms with Crippen LogP contribution in [0, 0.1) is 11.7 Å². The average molecular weight is 237 g/mol. The molecule has 3 aliphatic rings. The summed E-state index contributed by atoms with van der Waals surface area (Å²) < 4.78 is 13.5. The van der Waals surface area contributed by atoms with E-state index in [-0.39, 0.29) is 17.8 Å². The van der Waals surface area contributed by atoms with Crippen molar-refractivity contribution in [2.75, 3.05) is 30.7 Å². The molecule has 92 valence electrons. The van der Waals surface area contributed by atoms with Crippen molar-refractivity contribution < 1.29 is 4.39 Å². The Labute approximate surface area is 99.2 Å². The summed E-state index contributed by atoms with van der Waals surface area (Å²) in [5.74, 6) is 0.526. The first-order valence-corrected chi connectivity index (χ1v) is 5.99. The summed E-state index contributed by atoms with van der Waals surface area (Å²) in [6.07, 6.45) is 3.48. The molecule has 0 saturated carbocycles.